The summed E-state index contributed by atoms with van der Waals surface area (Å²) in [5.41, 5.74) is 12.0. The molecule has 2 aliphatic carbocycles. The van der Waals surface area contributed by atoms with Crippen LogP contribution in [0.15, 0.2) is 12.1 Å². The second kappa shape index (κ2) is 4.94. The predicted molar refractivity (Wildman–Crippen MR) is 81.1 cm³/mol. The Bertz CT molecular complexity index is 477. The van der Waals surface area contributed by atoms with Gasteiger partial charge in [-0.25, -0.2) is 0 Å². The van der Waals surface area contributed by atoms with Crippen molar-refractivity contribution in [1.29, 1.82) is 0 Å². The smallest absolute Gasteiger partial charge is 0.0300 e. The molecule has 4 unspecified atom stereocenters. The van der Waals surface area contributed by atoms with Gasteiger partial charge in [0.15, 0.2) is 0 Å². The van der Waals surface area contributed by atoms with E-state index in [2.05, 4.69) is 32.9 Å². The summed E-state index contributed by atoms with van der Waals surface area (Å²) in [6, 6.07) is 4.86. The second-order valence-electron chi connectivity index (χ2n) is 7.07. The molecule has 2 aliphatic rings. The van der Waals surface area contributed by atoms with Crippen LogP contribution >= 0.6 is 0 Å². The number of nitrogens with two attached hydrogens (primary N) is 1. The first-order chi connectivity index (χ1) is 9.04. The van der Waals surface area contributed by atoms with Gasteiger partial charge in [-0.15, -0.1) is 0 Å². The topological polar surface area (TPSA) is 26.0 Å². The molecule has 0 radical (unpaired) electrons. The maximum Gasteiger partial charge on any atom is 0.0300 e. The van der Waals surface area contributed by atoms with Crippen molar-refractivity contribution in [3.63, 3.8) is 0 Å². The van der Waals surface area contributed by atoms with Crippen LogP contribution in [0.4, 0.5) is 0 Å². The summed E-state index contributed by atoms with van der Waals surface area (Å²) in [6.07, 6.45) is 7.09. The fraction of sp³-hybridized carbons (Fsp3) is 0.667. The lowest BCUT2D eigenvalue weighted by molar-refractivity contribution is 0.296. The summed E-state index contributed by atoms with van der Waals surface area (Å²) in [5, 5.41) is 0. The van der Waals surface area contributed by atoms with E-state index in [1.807, 2.05) is 0 Å². The first-order valence-corrected chi connectivity index (χ1v) is 7.88. The predicted octanol–water partition coefficient (Wildman–Crippen LogP) is 4.44. The Morgan fingerprint density at radius 2 is 1.79 bits per heavy atom. The van der Waals surface area contributed by atoms with Gasteiger partial charge >= 0.3 is 0 Å². The summed E-state index contributed by atoms with van der Waals surface area (Å²) < 4.78 is 0. The van der Waals surface area contributed by atoms with Gasteiger partial charge in [0.25, 0.3) is 0 Å². The highest BCUT2D eigenvalue weighted by molar-refractivity contribution is 5.38. The van der Waals surface area contributed by atoms with E-state index in [9.17, 15) is 0 Å². The number of hydrogen-bond acceptors (Lipinski definition) is 1. The number of aryl methyl sites for hydroxylation is 3. The minimum absolute atomic E-state index is 0.239. The molecule has 2 saturated carbocycles. The van der Waals surface area contributed by atoms with E-state index in [0.717, 1.165) is 17.8 Å². The molecule has 0 amide bonds. The molecule has 0 saturated heterocycles. The molecule has 1 nitrogen and oxygen atoms in total. The van der Waals surface area contributed by atoms with Gasteiger partial charge in [-0.3, -0.25) is 0 Å². The molecule has 2 N–H and O–H groups in total. The van der Waals surface area contributed by atoms with Crippen LogP contribution in [-0.2, 0) is 0 Å². The standard InChI is InChI=1S/C18H27N/c1-11-6-13(3)17(7-12(11)2)18(19)10-16-9-14-4-5-15(16)8-14/h6-7,14-16,18H,4-5,8-10,19H2,1-3H3. The molecule has 0 heterocycles. The first kappa shape index (κ1) is 13.2. The van der Waals surface area contributed by atoms with Gasteiger partial charge in [-0.1, -0.05) is 18.6 Å². The molecule has 4 atom stereocenters. The molecule has 2 bridgehead atoms. The van der Waals surface area contributed by atoms with Crippen LogP contribution in [0.2, 0.25) is 0 Å². The van der Waals surface area contributed by atoms with Crippen LogP contribution < -0.4 is 5.73 Å². The molecule has 104 valence electrons. The van der Waals surface area contributed by atoms with Crippen molar-refractivity contribution in [2.75, 3.05) is 0 Å². The second-order valence-corrected chi connectivity index (χ2v) is 7.07. The maximum atomic E-state index is 6.53. The maximum absolute atomic E-state index is 6.53. The lowest BCUT2D eigenvalue weighted by Crippen LogP contribution is -2.20. The van der Waals surface area contributed by atoms with Gasteiger partial charge in [0.2, 0.25) is 0 Å². The number of fused-ring (bicyclic) bond motifs is 2. The van der Waals surface area contributed by atoms with Gasteiger partial charge < -0.3 is 5.73 Å². The van der Waals surface area contributed by atoms with Crippen molar-refractivity contribution < 1.29 is 0 Å². The third kappa shape index (κ3) is 2.45. The number of benzene rings is 1. The zero-order valence-corrected chi connectivity index (χ0v) is 12.6. The molecule has 0 spiro atoms. The average molecular weight is 257 g/mol. The van der Waals surface area contributed by atoms with Crippen molar-refractivity contribution in [2.24, 2.45) is 23.5 Å². The zero-order valence-electron chi connectivity index (χ0n) is 12.6. The largest absolute Gasteiger partial charge is 0.324 e. The average Bonchev–Trinajstić information content (AvgIpc) is 2.95. The van der Waals surface area contributed by atoms with E-state index in [1.54, 1.807) is 0 Å². The number of rotatable bonds is 3. The highest BCUT2D eigenvalue weighted by atomic mass is 14.6. The molecule has 1 aromatic carbocycles. The Morgan fingerprint density at radius 1 is 1.05 bits per heavy atom. The third-order valence-electron chi connectivity index (χ3n) is 5.72. The van der Waals surface area contributed by atoms with Crippen LogP contribution in [0.25, 0.3) is 0 Å². The summed E-state index contributed by atoms with van der Waals surface area (Å²) in [5.74, 6) is 2.92. The molecule has 1 aromatic rings. The van der Waals surface area contributed by atoms with Gasteiger partial charge in [-0.05, 0) is 86.5 Å². The molecular formula is C18H27N. The third-order valence-corrected chi connectivity index (χ3v) is 5.72. The van der Waals surface area contributed by atoms with E-state index in [-0.39, 0.29) is 6.04 Å². The fourth-order valence-corrected chi connectivity index (χ4v) is 4.50. The Balaban J connectivity index is 1.73. The molecular weight excluding hydrogens is 230 g/mol. The Hall–Kier alpha value is -0.820. The minimum Gasteiger partial charge on any atom is -0.324 e. The Labute approximate surface area is 117 Å². The minimum atomic E-state index is 0.239. The van der Waals surface area contributed by atoms with Crippen LogP contribution in [-0.4, -0.2) is 0 Å². The summed E-state index contributed by atoms with van der Waals surface area (Å²) in [4.78, 5) is 0. The quantitative estimate of drug-likeness (QED) is 0.851. The SMILES string of the molecule is Cc1cc(C)c(C(N)CC2CC3CCC2C3)cc1C. The number of hydrogen-bond donors (Lipinski definition) is 1. The first-order valence-electron chi connectivity index (χ1n) is 7.88. The van der Waals surface area contributed by atoms with Crippen molar-refractivity contribution in [2.45, 2.75) is 58.9 Å². The lowest BCUT2D eigenvalue weighted by atomic mass is 9.82. The monoisotopic (exact) mass is 257 g/mol. The van der Waals surface area contributed by atoms with Crippen LogP contribution in [0.5, 0.6) is 0 Å². The van der Waals surface area contributed by atoms with E-state index in [1.165, 1.54) is 54.4 Å². The summed E-state index contributed by atoms with van der Waals surface area (Å²) in [6.45, 7) is 6.60. The Kier molecular flexibility index (Phi) is 3.42. The highest BCUT2D eigenvalue weighted by Crippen LogP contribution is 2.50. The fourth-order valence-electron chi connectivity index (χ4n) is 4.50. The summed E-state index contributed by atoms with van der Waals surface area (Å²) >= 11 is 0. The Morgan fingerprint density at radius 3 is 2.42 bits per heavy atom. The van der Waals surface area contributed by atoms with E-state index in [0.29, 0.717) is 0 Å². The van der Waals surface area contributed by atoms with E-state index in [4.69, 9.17) is 5.73 Å². The van der Waals surface area contributed by atoms with Crippen molar-refractivity contribution in [3.05, 3.63) is 34.4 Å². The molecule has 2 fully saturated rings. The van der Waals surface area contributed by atoms with Gasteiger partial charge in [0.05, 0.1) is 0 Å². The van der Waals surface area contributed by atoms with Crippen LogP contribution in [0, 0.1) is 38.5 Å². The zero-order chi connectivity index (χ0) is 13.6. The van der Waals surface area contributed by atoms with E-state index >= 15 is 0 Å². The van der Waals surface area contributed by atoms with Gasteiger partial charge in [0.1, 0.15) is 0 Å². The van der Waals surface area contributed by atoms with Crippen LogP contribution in [0.1, 0.15) is 60.4 Å². The van der Waals surface area contributed by atoms with Gasteiger partial charge in [0, 0.05) is 6.04 Å². The van der Waals surface area contributed by atoms with Crippen molar-refractivity contribution in [3.8, 4) is 0 Å². The molecule has 19 heavy (non-hydrogen) atoms. The molecule has 0 aliphatic heterocycles. The van der Waals surface area contributed by atoms with E-state index < -0.39 is 0 Å². The highest BCUT2D eigenvalue weighted by Gasteiger charge is 2.39. The van der Waals surface area contributed by atoms with Gasteiger partial charge in [-0.2, -0.15) is 0 Å². The lowest BCUT2D eigenvalue weighted by Gasteiger charge is -2.26. The van der Waals surface area contributed by atoms with Crippen molar-refractivity contribution in [1.82, 2.24) is 0 Å². The van der Waals surface area contributed by atoms with Crippen molar-refractivity contribution >= 4 is 0 Å². The molecule has 0 aromatic heterocycles. The summed E-state index contributed by atoms with van der Waals surface area (Å²) in [7, 11) is 0. The normalized spacial score (nSPS) is 30.8. The molecule has 1 heteroatoms. The molecule has 3 rings (SSSR count). The van der Waals surface area contributed by atoms with Crippen LogP contribution in [0.3, 0.4) is 0 Å².